The summed E-state index contributed by atoms with van der Waals surface area (Å²) >= 11 is 0. The highest BCUT2D eigenvalue weighted by molar-refractivity contribution is 5.96. The molecule has 0 bridgehead atoms. The van der Waals surface area contributed by atoms with E-state index in [2.05, 4.69) is 4.90 Å². The van der Waals surface area contributed by atoms with Gasteiger partial charge in [-0.2, -0.15) is 0 Å². The van der Waals surface area contributed by atoms with E-state index >= 15 is 0 Å². The van der Waals surface area contributed by atoms with Crippen LogP contribution >= 0.6 is 0 Å². The normalized spacial score (nSPS) is 23.0. The van der Waals surface area contributed by atoms with Crippen molar-refractivity contribution in [1.82, 2.24) is 9.80 Å². The van der Waals surface area contributed by atoms with Crippen molar-refractivity contribution in [3.05, 3.63) is 0 Å². The number of nitrogens with two attached hydrogens (primary N) is 1. The lowest BCUT2D eigenvalue weighted by Crippen LogP contribution is -2.48. The minimum atomic E-state index is -0.529. The molecule has 0 aromatic heterocycles. The Balaban J connectivity index is 1.76. The molecule has 2 aliphatic rings. The van der Waals surface area contributed by atoms with Gasteiger partial charge < -0.3 is 15.5 Å². The zero-order chi connectivity index (χ0) is 13.0. The molecule has 0 unspecified atom stereocenters. The molecule has 0 aromatic carbocycles. The average molecular weight is 253 g/mol. The molecule has 2 saturated heterocycles. The fourth-order valence-electron chi connectivity index (χ4n) is 3.02. The largest absolute Gasteiger partial charge is 0.369 e. The van der Waals surface area contributed by atoms with Crippen LogP contribution in [0.15, 0.2) is 0 Å². The van der Waals surface area contributed by atoms with Gasteiger partial charge in [-0.3, -0.25) is 9.59 Å². The maximum absolute atomic E-state index is 11.7. The minimum Gasteiger partial charge on any atom is -0.369 e. The first-order valence-electron chi connectivity index (χ1n) is 6.97. The highest BCUT2D eigenvalue weighted by Crippen LogP contribution is 2.21. The molecule has 0 spiro atoms. The molecular weight excluding hydrogens is 230 g/mol. The van der Waals surface area contributed by atoms with Gasteiger partial charge in [0.15, 0.2) is 0 Å². The first kappa shape index (κ1) is 13.3. The zero-order valence-electron chi connectivity index (χ0n) is 10.9. The van der Waals surface area contributed by atoms with E-state index in [1.54, 1.807) is 4.90 Å². The number of piperidine rings is 2. The van der Waals surface area contributed by atoms with E-state index in [1.807, 2.05) is 0 Å². The molecule has 5 nitrogen and oxygen atoms in total. The molecule has 2 amide bonds. The summed E-state index contributed by atoms with van der Waals surface area (Å²) in [5, 5.41) is 0. The van der Waals surface area contributed by atoms with Crippen LogP contribution in [0.2, 0.25) is 0 Å². The van der Waals surface area contributed by atoms with Crippen LogP contribution in [0.1, 0.15) is 38.5 Å². The lowest BCUT2D eigenvalue weighted by molar-refractivity contribution is -0.136. The Morgan fingerprint density at radius 2 is 1.61 bits per heavy atom. The van der Waals surface area contributed by atoms with Gasteiger partial charge in [0.2, 0.25) is 11.8 Å². The molecule has 0 radical (unpaired) electrons. The first-order chi connectivity index (χ1) is 8.66. The van der Waals surface area contributed by atoms with Crippen molar-refractivity contribution >= 4 is 11.8 Å². The molecule has 2 heterocycles. The van der Waals surface area contributed by atoms with Gasteiger partial charge in [-0.25, -0.2) is 0 Å². The van der Waals surface area contributed by atoms with Crippen molar-refractivity contribution in [1.29, 1.82) is 0 Å². The van der Waals surface area contributed by atoms with Crippen LogP contribution in [0.4, 0.5) is 0 Å². The van der Waals surface area contributed by atoms with Crippen molar-refractivity contribution < 1.29 is 9.59 Å². The van der Waals surface area contributed by atoms with Gasteiger partial charge in [-0.05, 0) is 38.8 Å². The van der Waals surface area contributed by atoms with Crippen molar-refractivity contribution in [2.24, 2.45) is 5.73 Å². The van der Waals surface area contributed by atoms with Gasteiger partial charge in [0, 0.05) is 19.1 Å². The predicted molar refractivity (Wildman–Crippen MR) is 68.8 cm³/mol. The first-order valence-corrected chi connectivity index (χ1v) is 6.97. The second kappa shape index (κ2) is 6.18. The number of likely N-dealkylation sites (tertiary alicyclic amines) is 2. The second-order valence-corrected chi connectivity index (χ2v) is 5.35. The molecule has 2 rings (SSSR count). The third-order valence-corrected chi connectivity index (χ3v) is 4.05. The number of hydrogen-bond acceptors (Lipinski definition) is 3. The van der Waals surface area contributed by atoms with Crippen LogP contribution in [0.3, 0.4) is 0 Å². The van der Waals surface area contributed by atoms with Gasteiger partial charge in [-0.1, -0.05) is 6.42 Å². The summed E-state index contributed by atoms with van der Waals surface area (Å²) in [4.78, 5) is 26.8. The van der Waals surface area contributed by atoms with Crippen molar-refractivity contribution in [3.8, 4) is 0 Å². The third kappa shape index (κ3) is 3.45. The molecule has 2 N–H and O–H groups in total. The fourth-order valence-corrected chi connectivity index (χ4v) is 3.02. The highest BCUT2D eigenvalue weighted by atomic mass is 16.2. The molecule has 0 aliphatic carbocycles. The average Bonchev–Trinajstić information content (AvgIpc) is 2.39. The number of hydrogen-bond donors (Lipinski definition) is 1. The molecule has 0 aromatic rings. The SMILES string of the molecule is NC(=O)CC(=O)N1CCC(N2CCCCC2)CC1. The molecule has 2 fully saturated rings. The van der Waals surface area contributed by atoms with E-state index in [0.717, 1.165) is 25.9 Å². The lowest BCUT2D eigenvalue weighted by Gasteiger charge is -2.40. The third-order valence-electron chi connectivity index (χ3n) is 4.05. The van der Waals surface area contributed by atoms with Crippen LogP contribution in [-0.2, 0) is 9.59 Å². The molecule has 18 heavy (non-hydrogen) atoms. The van der Waals surface area contributed by atoms with Gasteiger partial charge in [0.25, 0.3) is 0 Å². The van der Waals surface area contributed by atoms with Crippen molar-refractivity contribution in [2.45, 2.75) is 44.6 Å². The monoisotopic (exact) mass is 253 g/mol. The van der Waals surface area contributed by atoms with E-state index in [9.17, 15) is 9.59 Å². The zero-order valence-corrected chi connectivity index (χ0v) is 10.9. The number of nitrogens with zero attached hydrogens (tertiary/aromatic N) is 2. The number of rotatable bonds is 3. The Hall–Kier alpha value is -1.10. The molecule has 0 saturated carbocycles. The van der Waals surface area contributed by atoms with Crippen LogP contribution in [0.5, 0.6) is 0 Å². The fraction of sp³-hybridized carbons (Fsp3) is 0.846. The number of carbonyl (C=O) groups excluding carboxylic acids is 2. The number of amides is 2. The predicted octanol–water partition coefficient (Wildman–Crippen LogP) is 0.339. The van der Waals surface area contributed by atoms with E-state index in [4.69, 9.17) is 5.73 Å². The minimum absolute atomic E-state index is 0.111. The summed E-state index contributed by atoms with van der Waals surface area (Å²) in [6.07, 6.45) is 5.89. The van der Waals surface area contributed by atoms with Crippen LogP contribution in [-0.4, -0.2) is 53.8 Å². The summed E-state index contributed by atoms with van der Waals surface area (Å²) in [6, 6.07) is 0.628. The quantitative estimate of drug-likeness (QED) is 0.738. The molecule has 102 valence electrons. The molecule has 5 heteroatoms. The Labute approximate surface area is 108 Å². The Bertz CT molecular complexity index is 305. The maximum Gasteiger partial charge on any atom is 0.231 e. The van der Waals surface area contributed by atoms with Crippen molar-refractivity contribution in [3.63, 3.8) is 0 Å². The Morgan fingerprint density at radius 1 is 1.00 bits per heavy atom. The maximum atomic E-state index is 11.7. The lowest BCUT2D eigenvalue weighted by atomic mass is 10.00. The summed E-state index contributed by atoms with van der Waals surface area (Å²) in [5.74, 6) is -0.641. The number of primary amides is 1. The topological polar surface area (TPSA) is 66.6 Å². The number of carbonyl (C=O) groups is 2. The van der Waals surface area contributed by atoms with Crippen molar-refractivity contribution in [2.75, 3.05) is 26.2 Å². The van der Waals surface area contributed by atoms with Crippen LogP contribution in [0.25, 0.3) is 0 Å². The molecule has 0 atom stereocenters. The molecule has 2 aliphatic heterocycles. The van der Waals surface area contributed by atoms with Crippen LogP contribution < -0.4 is 5.73 Å². The van der Waals surface area contributed by atoms with E-state index in [1.165, 1.54) is 32.4 Å². The summed E-state index contributed by atoms with van der Waals surface area (Å²) in [7, 11) is 0. The summed E-state index contributed by atoms with van der Waals surface area (Å²) < 4.78 is 0. The van der Waals surface area contributed by atoms with Gasteiger partial charge in [0.1, 0.15) is 6.42 Å². The van der Waals surface area contributed by atoms with E-state index in [-0.39, 0.29) is 12.3 Å². The van der Waals surface area contributed by atoms with E-state index < -0.39 is 5.91 Å². The Kier molecular flexibility index (Phi) is 4.58. The van der Waals surface area contributed by atoms with E-state index in [0.29, 0.717) is 6.04 Å². The Morgan fingerprint density at radius 3 is 2.17 bits per heavy atom. The second-order valence-electron chi connectivity index (χ2n) is 5.35. The smallest absolute Gasteiger partial charge is 0.231 e. The van der Waals surface area contributed by atoms with Crippen LogP contribution in [0, 0.1) is 0 Å². The standard InChI is InChI=1S/C13H23N3O2/c14-12(17)10-13(18)16-8-4-11(5-9-16)15-6-2-1-3-7-15/h11H,1-10H2,(H2,14,17). The summed E-state index contributed by atoms with van der Waals surface area (Å²) in [5.41, 5.74) is 5.05. The highest BCUT2D eigenvalue weighted by Gasteiger charge is 2.27. The van der Waals surface area contributed by atoms with Gasteiger partial charge in [0.05, 0.1) is 0 Å². The van der Waals surface area contributed by atoms with Gasteiger partial charge in [-0.15, -0.1) is 0 Å². The summed E-state index contributed by atoms with van der Waals surface area (Å²) in [6.45, 7) is 3.96. The van der Waals surface area contributed by atoms with Gasteiger partial charge >= 0.3 is 0 Å². The molecular formula is C13H23N3O2.